The Kier molecular flexibility index (Phi) is 4.66. The van der Waals surface area contributed by atoms with Crippen LogP contribution in [0.1, 0.15) is 59.1 Å². The molecule has 0 aliphatic heterocycles. The van der Waals surface area contributed by atoms with Gasteiger partial charge < -0.3 is 9.47 Å². The summed E-state index contributed by atoms with van der Waals surface area (Å²) >= 11 is 0. The van der Waals surface area contributed by atoms with Crippen LogP contribution in [0.3, 0.4) is 0 Å². The highest BCUT2D eigenvalue weighted by atomic mass is 16.5. The number of benzene rings is 1. The van der Waals surface area contributed by atoms with Gasteiger partial charge in [-0.15, -0.1) is 0 Å². The van der Waals surface area contributed by atoms with Gasteiger partial charge in [-0.3, -0.25) is 0 Å². The molecule has 1 aromatic rings. The lowest BCUT2D eigenvalue weighted by atomic mass is 9.80. The van der Waals surface area contributed by atoms with Gasteiger partial charge in [0.05, 0.1) is 14.2 Å². The predicted octanol–water partition coefficient (Wildman–Crippen LogP) is 5.76. The summed E-state index contributed by atoms with van der Waals surface area (Å²) in [4.78, 5) is 0. The second-order valence-corrected chi connectivity index (χ2v) is 8.25. The molecule has 0 fully saturated rings. The van der Waals surface area contributed by atoms with Crippen molar-refractivity contribution in [3.8, 4) is 11.5 Å². The number of allylic oxidation sites excluding steroid dienone is 4. The van der Waals surface area contributed by atoms with Gasteiger partial charge in [-0.2, -0.15) is 0 Å². The van der Waals surface area contributed by atoms with E-state index in [2.05, 4.69) is 65.8 Å². The van der Waals surface area contributed by atoms with E-state index in [0.717, 1.165) is 23.5 Å². The molecule has 0 spiro atoms. The average Bonchev–Trinajstić information content (AvgIpc) is 2.94. The summed E-state index contributed by atoms with van der Waals surface area (Å²) in [6.45, 7) is 13.4. The van der Waals surface area contributed by atoms with Crippen molar-refractivity contribution in [1.29, 1.82) is 0 Å². The Hall–Kier alpha value is -1.70. The Balaban J connectivity index is 2.79. The molecule has 2 nitrogen and oxygen atoms in total. The zero-order valence-electron chi connectivity index (χ0n) is 15.8. The molecule has 0 amide bonds. The molecule has 126 valence electrons. The highest BCUT2D eigenvalue weighted by Gasteiger charge is 2.28. The van der Waals surface area contributed by atoms with Crippen LogP contribution in [0.15, 0.2) is 29.9 Å². The number of rotatable bonds is 3. The van der Waals surface area contributed by atoms with Crippen LogP contribution in [0.5, 0.6) is 11.5 Å². The van der Waals surface area contributed by atoms with Crippen LogP contribution in [0, 0.1) is 5.41 Å². The van der Waals surface area contributed by atoms with Crippen LogP contribution >= 0.6 is 0 Å². The van der Waals surface area contributed by atoms with E-state index in [4.69, 9.17) is 9.47 Å². The third-order valence-corrected chi connectivity index (χ3v) is 4.44. The summed E-state index contributed by atoms with van der Waals surface area (Å²) in [5.41, 5.74) is 5.15. The molecule has 0 heterocycles. The van der Waals surface area contributed by atoms with Crippen LogP contribution < -0.4 is 9.47 Å². The average molecular weight is 314 g/mol. The molecule has 0 saturated carbocycles. The smallest absolute Gasteiger partial charge is 0.130 e. The predicted molar refractivity (Wildman–Crippen MR) is 98.4 cm³/mol. The molecule has 2 heteroatoms. The molecule has 0 bridgehead atoms. The molecular weight excluding hydrogens is 284 g/mol. The van der Waals surface area contributed by atoms with Crippen molar-refractivity contribution in [3.05, 3.63) is 41.0 Å². The van der Waals surface area contributed by atoms with E-state index in [1.807, 2.05) is 0 Å². The Morgan fingerprint density at radius 2 is 1.52 bits per heavy atom. The fraction of sp³-hybridized carbons (Fsp3) is 0.524. The van der Waals surface area contributed by atoms with E-state index in [1.165, 1.54) is 16.7 Å². The Bertz CT molecular complexity index is 650. The molecule has 0 saturated heterocycles. The maximum Gasteiger partial charge on any atom is 0.130 e. The minimum absolute atomic E-state index is 0.0145. The number of hydrogen-bond acceptors (Lipinski definition) is 2. The largest absolute Gasteiger partial charge is 0.497 e. The molecule has 0 unspecified atom stereocenters. The van der Waals surface area contributed by atoms with E-state index in [9.17, 15) is 0 Å². The zero-order chi connectivity index (χ0) is 17.4. The lowest BCUT2D eigenvalue weighted by Crippen LogP contribution is -2.15. The SMILES string of the molecule is COc1cc(C2=C(C(C)(C)C)CC=C2)c(OC)c(C(C)(C)C)c1. The van der Waals surface area contributed by atoms with E-state index in [-0.39, 0.29) is 10.8 Å². The minimum atomic E-state index is -0.0145. The molecule has 2 rings (SSSR count). The fourth-order valence-electron chi connectivity index (χ4n) is 3.16. The first kappa shape index (κ1) is 17.7. The first-order valence-electron chi connectivity index (χ1n) is 8.26. The van der Waals surface area contributed by atoms with Crippen molar-refractivity contribution in [2.75, 3.05) is 14.2 Å². The number of methoxy groups -OCH3 is 2. The van der Waals surface area contributed by atoms with Gasteiger partial charge in [0.25, 0.3) is 0 Å². The van der Waals surface area contributed by atoms with Crippen LogP contribution in [0.25, 0.3) is 5.57 Å². The molecule has 0 radical (unpaired) electrons. The molecule has 0 N–H and O–H groups in total. The third kappa shape index (κ3) is 3.46. The highest BCUT2D eigenvalue weighted by molar-refractivity contribution is 5.84. The van der Waals surface area contributed by atoms with Crippen LogP contribution in [-0.2, 0) is 5.41 Å². The quantitative estimate of drug-likeness (QED) is 0.706. The van der Waals surface area contributed by atoms with Crippen molar-refractivity contribution in [1.82, 2.24) is 0 Å². The number of ether oxygens (including phenoxy) is 2. The topological polar surface area (TPSA) is 18.5 Å². The molecule has 1 aliphatic rings. The van der Waals surface area contributed by atoms with Gasteiger partial charge in [-0.25, -0.2) is 0 Å². The molecule has 1 aliphatic carbocycles. The molecule has 0 atom stereocenters. The van der Waals surface area contributed by atoms with E-state index in [0.29, 0.717) is 0 Å². The van der Waals surface area contributed by atoms with Gasteiger partial charge >= 0.3 is 0 Å². The van der Waals surface area contributed by atoms with E-state index < -0.39 is 0 Å². The summed E-state index contributed by atoms with van der Waals surface area (Å²) in [5.74, 6) is 1.84. The highest BCUT2D eigenvalue weighted by Crippen LogP contribution is 2.46. The standard InChI is InChI=1S/C21H30O2/c1-20(2,3)17-11-9-10-15(17)16-12-14(22-7)13-18(19(16)23-8)21(4,5)6/h9-10,12-13H,11H2,1-8H3. The van der Waals surface area contributed by atoms with Gasteiger partial charge in [0.15, 0.2) is 0 Å². The van der Waals surface area contributed by atoms with Gasteiger partial charge in [0, 0.05) is 11.1 Å². The number of hydrogen-bond donors (Lipinski definition) is 0. The molecule has 0 aromatic heterocycles. The first-order chi connectivity index (χ1) is 10.6. The summed E-state index contributed by atoms with van der Waals surface area (Å²) in [7, 11) is 3.48. The second-order valence-electron chi connectivity index (χ2n) is 8.25. The lowest BCUT2D eigenvalue weighted by molar-refractivity contribution is 0.386. The van der Waals surface area contributed by atoms with E-state index >= 15 is 0 Å². The van der Waals surface area contributed by atoms with E-state index in [1.54, 1.807) is 14.2 Å². The summed E-state index contributed by atoms with van der Waals surface area (Å²) in [6, 6.07) is 4.20. The maximum atomic E-state index is 5.85. The molecule has 23 heavy (non-hydrogen) atoms. The third-order valence-electron chi connectivity index (χ3n) is 4.44. The first-order valence-corrected chi connectivity index (χ1v) is 8.26. The summed E-state index contributed by atoms with van der Waals surface area (Å²) < 4.78 is 11.4. The Morgan fingerprint density at radius 3 is 2.00 bits per heavy atom. The van der Waals surface area contributed by atoms with Crippen molar-refractivity contribution >= 4 is 5.57 Å². The van der Waals surface area contributed by atoms with Crippen LogP contribution in [0.2, 0.25) is 0 Å². The monoisotopic (exact) mass is 314 g/mol. The minimum Gasteiger partial charge on any atom is -0.497 e. The Labute approximate surface area is 141 Å². The summed E-state index contributed by atoms with van der Waals surface area (Å²) in [6.07, 6.45) is 5.47. The second kappa shape index (κ2) is 6.07. The van der Waals surface area contributed by atoms with Crippen LogP contribution in [0.4, 0.5) is 0 Å². The fourth-order valence-corrected chi connectivity index (χ4v) is 3.16. The van der Waals surface area contributed by atoms with Gasteiger partial charge in [-0.05, 0) is 35.0 Å². The van der Waals surface area contributed by atoms with Crippen molar-refractivity contribution in [2.45, 2.75) is 53.4 Å². The molecular formula is C21H30O2. The summed E-state index contributed by atoms with van der Waals surface area (Å²) in [5, 5.41) is 0. The zero-order valence-corrected chi connectivity index (χ0v) is 15.8. The van der Waals surface area contributed by atoms with Crippen molar-refractivity contribution in [3.63, 3.8) is 0 Å². The van der Waals surface area contributed by atoms with Gasteiger partial charge in [0.2, 0.25) is 0 Å². The maximum absolute atomic E-state index is 5.85. The van der Waals surface area contributed by atoms with Gasteiger partial charge in [0.1, 0.15) is 11.5 Å². The van der Waals surface area contributed by atoms with Crippen molar-refractivity contribution in [2.24, 2.45) is 5.41 Å². The van der Waals surface area contributed by atoms with Crippen LogP contribution in [-0.4, -0.2) is 14.2 Å². The van der Waals surface area contributed by atoms with Crippen molar-refractivity contribution < 1.29 is 9.47 Å². The van der Waals surface area contributed by atoms with Gasteiger partial charge in [-0.1, -0.05) is 59.3 Å². The normalized spacial score (nSPS) is 15.3. The Morgan fingerprint density at radius 1 is 0.870 bits per heavy atom. The lowest BCUT2D eigenvalue weighted by Gasteiger charge is -2.27. The molecule has 1 aromatic carbocycles.